The summed E-state index contributed by atoms with van der Waals surface area (Å²) in [5, 5.41) is 9.28. The standard InChI is InChI=1S/C12H15NO2/c14-12(15)11-8-4-1-2-5-9(8)13-7-3-6-10(11)13/h1-7H2,(H,14,15). The van der Waals surface area contributed by atoms with Crippen LogP contribution in [0.3, 0.4) is 0 Å². The van der Waals surface area contributed by atoms with E-state index in [9.17, 15) is 9.90 Å². The smallest absolute Gasteiger partial charge is 0.337 e. The highest BCUT2D eigenvalue weighted by molar-refractivity contribution is 5.91. The lowest BCUT2D eigenvalue weighted by Gasteiger charge is -2.14. The van der Waals surface area contributed by atoms with Crippen LogP contribution in [0.25, 0.3) is 0 Å². The van der Waals surface area contributed by atoms with Crippen LogP contribution in [0.5, 0.6) is 0 Å². The van der Waals surface area contributed by atoms with Crippen LogP contribution in [0, 0.1) is 0 Å². The van der Waals surface area contributed by atoms with E-state index in [0.29, 0.717) is 5.56 Å². The monoisotopic (exact) mass is 205 g/mol. The summed E-state index contributed by atoms with van der Waals surface area (Å²) in [6.07, 6.45) is 6.48. The Kier molecular flexibility index (Phi) is 1.87. The first kappa shape index (κ1) is 9.01. The van der Waals surface area contributed by atoms with E-state index in [2.05, 4.69) is 4.57 Å². The molecule has 0 spiro atoms. The number of hydrogen-bond donors (Lipinski definition) is 1. The minimum absolute atomic E-state index is 0.641. The molecule has 0 saturated carbocycles. The predicted octanol–water partition coefficient (Wildman–Crippen LogP) is 2.01. The van der Waals surface area contributed by atoms with Crippen molar-refractivity contribution in [2.24, 2.45) is 0 Å². The van der Waals surface area contributed by atoms with E-state index in [0.717, 1.165) is 49.9 Å². The molecule has 0 fully saturated rings. The molecule has 0 saturated heterocycles. The van der Waals surface area contributed by atoms with Crippen molar-refractivity contribution < 1.29 is 9.90 Å². The minimum atomic E-state index is -0.719. The largest absolute Gasteiger partial charge is 0.478 e. The lowest BCUT2D eigenvalue weighted by Crippen LogP contribution is -2.08. The van der Waals surface area contributed by atoms with Gasteiger partial charge in [-0.25, -0.2) is 4.79 Å². The van der Waals surface area contributed by atoms with Gasteiger partial charge in [-0.2, -0.15) is 0 Å². The third-order valence-corrected chi connectivity index (χ3v) is 3.69. The average molecular weight is 205 g/mol. The van der Waals surface area contributed by atoms with Crippen molar-refractivity contribution in [3.8, 4) is 0 Å². The van der Waals surface area contributed by atoms with Gasteiger partial charge in [-0.05, 0) is 44.1 Å². The average Bonchev–Trinajstić information content (AvgIpc) is 2.75. The Morgan fingerprint density at radius 2 is 1.80 bits per heavy atom. The van der Waals surface area contributed by atoms with Crippen molar-refractivity contribution in [3.63, 3.8) is 0 Å². The molecule has 3 rings (SSSR count). The summed E-state index contributed by atoms with van der Waals surface area (Å²) < 4.78 is 2.28. The fraction of sp³-hybridized carbons (Fsp3) is 0.583. The van der Waals surface area contributed by atoms with Crippen molar-refractivity contribution >= 4 is 5.97 Å². The highest BCUT2D eigenvalue weighted by Gasteiger charge is 2.30. The van der Waals surface area contributed by atoms with Gasteiger partial charge in [0.25, 0.3) is 0 Å². The fourth-order valence-corrected chi connectivity index (χ4v) is 3.12. The third-order valence-electron chi connectivity index (χ3n) is 3.69. The molecule has 15 heavy (non-hydrogen) atoms. The minimum Gasteiger partial charge on any atom is -0.478 e. The van der Waals surface area contributed by atoms with Crippen molar-refractivity contribution in [2.75, 3.05) is 0 Å². The van der Waals surface area contributed by atoms with E-state index >= 15 is 0 Å². The molecule has 3 heteroatoms. The van der Waals surface area contributed by atoms with Crippen LogP contribution in [-0.4, -0.2) is 15.6 Å². The first-order chi connectivity index (χ1) is 7.29. The summed E-state index contributed by atoms with van der Waals surface area (Å²) in [7, 11) is 0. The summed E-state index contributed by atoms with van der Waals surface area (Å²) in [6.45, 7) is 1.03. The summed E-state index contributed by atoms with van der Waals surface area (Å²) >= 11 is 0. The molecule has 1 aromatic heterocycles. The fourth-order valence-electron chi connectivity index (χ4n) is 3.12. The SMILES string of the molecule is O=C(O)c1c2c(n3c1CCC3)CCCC2. The zero-order valence-electron chi connectivity index (χ0n) is 8.75. The molecule has 3 nitrogen and oxygen atoms in total. The molecule has 1 aromatic rings. The van der Waals surface area contributed by atoms with Crippen molar-refractivity contribution in [2.45, 2.75) is 45.1 Å². The number of fused-ring (bicyclic) bond motifs is 3. The molecule has 0 amide bonds. The molecule has 0 radical (unpaired) electrons. The van der Waals surface area contributed by atoms with E-state index in [4.69, 9.17) is 0 Å². The van der Waals surface area contributed by atoms with Crippen LogP contribution < -0.4 is 0 Å². The second kappa shape index (κ2) is 3.12. The van der Waals surface area contributed by atoms with Gasteiger partial charge in [-0.3, -0.25) is 0 Å². The maximum atomic E-state index is 11.3. The molecule has 1 aliphatic heterocycles. The molecule has 2 aliphatic rings. The van der Waals surface area contributed by atoms with E-state index in [1.807, 2.05) is 0 Å². The number of aromatic carboxylic acids is 1. The number of hydrogen-bond acceptors (Lipinski definition) is 1. The maximum absolute atomic E-state index is 11.3. The van der Waals surface area contributed by atoms with Crippen LogP contribution in [0.4, 0.5) is 0 Å². The molecule has 0 aromatic carbocycles. The van der Waals surface area contributed by atoms with Crippen LogP contribution >= 0.6 is 0 Å². The van der Waals surface area contributed by atoms with Crippen LogP contribution in [0.2, 0.25) is 0 Å². The van der Waals surface area contributed by atoms with Gasteiger partial charge in [-0.1, -0.05) is 0 Å². The van der Waals surface area contributed by atoms with Gasteiger partial charge in [0.15, 0.2) is 0 Å². The number of carbonyl (C=O) groups is 1. The quantitative estimate of drug-likeness (QED) is 0.762. The highest BCUT2D eigenvalue weighted by atomic mass is 16.4. The second-order valence-electron chi connectivity index (χ2n) is 4.51. The number of rotatable bonds is 1. The van der Waals surface area contributed by atoms with E-state index in [-0.39, 0.29) is 0 Å². The third kappa shape index (κ3) is 1.15. The van der Waals surface area contributed by atoms with Gasteiger partial charge in [0.05, 0.1) is 5.56 Å². The van der Waals surface area contributed by atoms with Crippen LogP contribution in [0.15, 0.2) is 0 Å². The van der Waals surface area contributed by atoms with E-state index in [1.54, 1.807) is 0 Å². The van der Waals surface area contributed by atoms with Gasteiger partial charge in [0.2, 0.25) is 0 Å². The summed E-state index contributed by atoms with van der Waals surface area (Å²) in [4.78, 5) is 11.3. The Hall–Kier alpha value is -1.25. The molecule has 0 bridgehead atoms. The zero-order chi connectivity index (χ0) is 10.4. The number of nitrogens with zero attached hydrogens (tertiary/aromatic N) is 1. The molecule has 0 atom stereocenters. The first-order valence-corrected chi connectivity index (χ1v) is 5.75. The van der Waals surface area contributed by atoms with Gasteiger partial charge >= 0.3 is 5.97 Å². The Morgan fingerprint density at radius 1 is 1.07 bits per heavy atom. The lowest BCUT2D eigenvalue weighted by atomic mass is 9.93. The first-order valence-electron chi connectivity index (χ1n) is 5.75. The molecule has 1 aliphatic carbocycles. The molecule has 0 unspecified atom stereocenters. The topological polar surface area (TPSA) is 42.2 Å². The van der Waals surface area contributed by atoms with Crippen molar-refractivity contribution in [1.29, 1.82) is 0 Å². The van der Waals surface area contributed by atoms with Crippen molar-refractivity contribution in [1.82, 2.24) is 4.57 Å². The molecule has 1 N–H and O–H groups in total. The number of aromatic nitrogens is 1. The Bertz CT molecular complexity index is 431. The Balaban J connectivity index is 2.24. The van der Waals surface area contributed by atoms with Crippen LogP contribution in [0.1, 0.15) is 46.6 Å². The molecular weight excluding hydrogens is 190 g/mol. The van der Waals surface area contributed by atoms with Gasteiger partial charge in [0, 0.05) is 17.9 Å². The summed E-state index contributed by atoms with van der Waals surface area (Å²) in [6, 6.07) is 0. The Labute approximate surface area is 88.7 Å². The van der Waals surface area contributed by atoms with E-state index < -0.39 is 5.97 Å². The molecule has 80 valence electrons. The predicted molar refractivity (Wildman–Crippen MR) is 56.4 cm³/mol. The highest BCUT2D eigenvalue weighted by Crippen LogP contribution is 2.33. The molecule has 2 heterocycles. The normalized spacial score (nSPS) is 18.7. The number of carboxylic acids is 1. The van der Waals surface area contributed by atoms with Gasteiger partial charge in [0.1, 0.15) is 0 Å². The lowest BCUT2D eigenvalue weighted by molar-refractivity contribution is 0.0694. The number of carboxylic acid groups (broad SMARTS) is 1. The van der Waals surface area contributed by atoms with Gasteiger partial charge < -0.3 is 9.67 Å². The zero-order valence-corrected chi connectivity index (χ0v) is 8.75. The second-order valence-corrected chi connectivity index (χ2v) is 4.51. The summed E-state index contributed by atoms with van der Waals surface area (Å²) in [5.41, 5.74) is 4.20. The Morgan fingerprint density at radius 3 is 2.60 bits per heavy atom. The van der Waals surface area contributed by atoms with Crippen molar-refractivity contribution in [3.05, 3.63) is 22.5 Å². The van der Waals surface area contributed by atoms with E-state index in [1.165, 1.54) is 12.1 Å². The van der Waals surface area contributed by atoms with Crippen LogP contribution in [-0.2, 0) is 25.8 Å². The van der Waals surface area contributed by atoms with Gasteiger partial charge in [-0.15, -0.1) is 0 Å². The summed E-state index contributed by atoms with van der Waals surface area (Å²) in [5.74, 6) is -0.719. The molecular formula is C12H15NO2. The maximum Gasteiger partial charge on any atom is 0.337 e.